The molecule has 9 nitrogen and oxygen atoms in total. The molecule has 0 aliphatic rings. The van der Waals surface area contributed by atoms with Crippen LogP contribution in [0.25, 0.3) is 0 Å². The Morgan fingerprint density at radius 2 is 1.60 bits per heavy atom. The van der Waals surface area contributed by atoms with Gasteiger partial charge in [-0.25, -0.2) is 14.5 Å². The van der Waals surface area contributed by atoms with Crippen molar-refractivity contribution in [2.45, 2.75) is 52.7 Å². The number of hydrogen-bond acceptors (Lipinski definition) is 7. The third kappa shape index (κ3) is 12.1. The Morgan fingerprint density at radius 1 is 1.08 bits per heavy atom. The highest BCUT2D eigenvalue weighted by Crippen LogP contribution is 2.12. The number of nitrogens with one attached hydrogen (secondary N) is 2. The minimum atomic E-state index is -0.976. The number of nitrogens with zero attached hydrogens (tertiary/aromatic N) is 1. The first-order valence-electron chi connectivity index (χ1n) is 7.60. The molecule has 2 amide bonds. The Morgan fingerprint density at radius 3 is 2.04 bits per heavy atom. The molecule has 0 aromatic heterocycles. The van der Waals surface area contributed by atoms with Crippen molar-refractivity contribution >= 4 is 35.9 Å². The van der Waals surface area contributed by atoms with Crippen LogP contribution >= 0.6 is 11.8 Å². The third-order valence-electron chi connectivity index (χ3n) is 2.19. The Bertz CT molecular complexity index is 510. The maximum Gasteiger partial charge on any atom is 0.417 e. The van der Waals surface area contributed by atoms with Gasteiger partial charge >= 0.3 is 18.2 Å². The fourth-order valence-corrected chi connectivity index (χ4v) is 2.03. The summed E-state index contributed by atoms with van der Waals surface area (Å²) in [4.78, 5) is 35.5. The second-order valence-corrected chi connectivity index (χ2v) is 8.16. The number of rotatable bonds is 5. The van der Waals surface area contributed by atoms with E-state index in [1.54, 1.807) is 41.5 Å². The molecule has 0 unspecified atom stereocenters. The van der Waals surface area contributed by atoms with Crippen LogP contribution in [0.15, 0.2) is 0 Å². The van der Waals surface area contributed by atoms with Crippen molar-refractivity contribution in [1.29, 1.82) is 5.41 Å². The lowest BCUT2D eigenvalue weighted by Gasteiger charge is -2.28. The van der Waals surface area contributed by atoms with Gasteiger partial charge in [-0.3, -0.25) is 15.5 Å². The third-order valence-corrected chi connectivity index (χ3v) is 3.11. The molecular formula is C15H27N3O6S. The van der Waals surface area contributed by atoms with E-state index in [1.807, 2.05) is 0 Å². The number of amides is 2. The largest absolute Gasteiger partial charge is 0.481 e. The molecule has 0 saturated heterocycles. The molecule has 0 saturated carbocycles. The molecule has 0 radical (unpaired) electrons. The highest BCUT2D eigenvalue weighted by atomic mass is 32.2. The molecule has 0 fully saturated rings. The number of carbonyl (C=O) groups is 3. The van der Waals surface area contributed by atoms with Crippen LogP contribution in [0, 0.1) is 5.41 Å². The Labute approximate surface area is 151 Å². The molecule has 0 heterocycles. The van der Waals surface area contributed by atoms with Gasteiger partial charge in [-0.1, -0.05) is 0 Å². The van der Waals surface area contributed by atoms with Gasteiger partial charge < -0.3 is 14.6 Å². The van der Waals surface area contributed by atoms with Crippen molar-refractivity contribution in [3.05, 3.63) is 0 Å². The molecular weight excluding hydrogens is 350 g/mol. The minimum absolute atomic E-state index is 0.00148. The number of ether oxygens (including phenoxy) is 2. The lowest BCUT2D eigenvalue weighted by Crippen LogP contribution is -2.50. The second-order valence-electron chi connectivity index (χ2n) is 7.05. The monoisotopic (exact) mass is 377 g/mol. The number of thioether (sulfide) groups is 1. The minimum Gasteiger partial charge on any atom is -0.481 e. The van der Waals surface area contributed by atoms with Crippen molar-refractivity contribution < 1.29 is 29.0 Å². The fraction of sp³-hybridized carbons (Fsp3) is 0.733. The molecule has 25 heavy (non-hydrogen) atoms. The SMILES string of the molecule is CC(C)(C)OC(=O)NC(=N)N(CCSCC(=O)O)C(=O)OC(C)(C)C. The molecule has 10 heteroatoms. The van der Waals surface area contributed by atoms with Crippen LogP contribution in [0.2, 0.25) is 0 Å². The van der Waals surface area contributed by atoms with E-state index in [4.69, 9.17) is 20.0 Å². The fourth-order valence-electron chi connectivity index (χ4n) is 1.39. The van der Waals surface area contributed by atoms with Gasteiger partial charge in [-0.2, -0.15) is 0 Å². The van der Waals surface area contributed by atoms with Crippen LogP contribution in [0.1, 0.15) is 41.5 Å². The molecule has 144 valence electrons. The van der Waals surface area contributed by atoms with E-state index in [0.717, 1.165) is 16.7 Å². The van der Waals surface area contributed by atoms with Crippen molar-refractivity contribution in [2.75, 3.05) is 18.1 Å². The summed E-state index contributed by atoms with van der Waals surface area (Å²) in [5.74, 6) is -1.35. The van der Waals surface area contributed by atoms with Crippen LogP contribution in [0.5, 0.6) is 0 Å². The number of carboxylic acid groups (broad SMARTS) is 1. The number of alkyl carbamates (subject to hydrolysis) is 1. The quantitative estimate of drug-likeness (QED) is 0.381. The summed E-state index contributed by atoms with van der Waals surface area (Å²) in [5.41, 5.74) is -1.53. The Hall–Kier alpha value is -1.97. The number of carboxylic acids is 1. The van der Waals surface area contributed by atoms with E-state index in [0.29, 0.717) is 0 Å². The number of guanidine groups is 1. The van der Waals surface area contributed by atoms with E-state index in [9.17, 15) is 14.4 Å². The average Bonchev–Trinajstić information content (AvgIpc) is 2.32. The summed E-state index contributed by atoms with van der Waals surface area (Å²) < 4.78 is 10.3. The maximum absolute atomic E-state index is 12.2. The molecule has 0 atom stereocenters. The zero-order valence-corrected chi connectivity index (χ0v) is 16.3. The predicted octanol–water partition coefficient (Wildman–Crippen LogP) is 2.50. The van der Waals surface area contributed by atoms with Crippen LogP contribution < -0.4 is 5.32 Å². The first-order chi connectivity index (χ1) is 11.2. The standard InChI is InChI=1S/C15H27N3O6S/c1-14(2,3)23-12(21)17-11(16)18(7-8-25-9-10(19)20)13(22)24-15(4,5)6/h7-9H2,1-6H3,(H,19,20)(H2,16,17,21). The van der Waals surface area contributed by atoms with Gasteiger partial charge in [0.15, 0.2) is 0 Å². The van der Waals surface area contributed by atoms with Crippen molar-refractivity contribution in [3.63, 3.8) is 0 Å². The molecule has 0 aromatic rings. The van der Waals surface area contributed by atoms with Gasteiger partial charge in [0.25, 0.3) is 0 Å². The summed E-state index contributed by atoms with van der Waals surface area (Å²) >= 11 is 1.08. The van der Waals surface area contributed by atoms with Gasteiger partial charge in [0.1, 0.15) is 11.2 Å². The second kappa shape index (κ2) is 9.50. The summed E-state index contributed by atoms with van der Waals surface area (Å²) in [5, 5.41) is 18.7. The summed E-state index contributed by atoms with van der Waals surface area (Å²) in [7, 11) is 0. The van der Waals surface area contributed by atoms with Gasteiger partial charge in [0.2, 0.25) is 5.96 Å². The number of carbonyl (C=O) groups excluding carboxylic acids is 2. The van der Waals surface area contributed by atoms with Gasteiger partial charge in [-0.05, 0) is 41.5 Å². The number of aliphatic carboxylic acids is 1. The molecule has 0 rings (SSSR count). The van der Waals surface area contributed by atoms with Crippen LogP contribution in [-0.4, -0.2) is 63.4 Å². The van der Waals surface area contributed by atoms with Crippen LogP contribution in [0.4, 0.5) is 9.59 Å². The maximum atomic E-state index is 12.2. The topological polar surface area (TPSA) is 129 Å². The molecule has 3 N–H and O–H groups in total. The zero-order chi connectivity index (χ0) is 19.8. The summed E-state index contributed by atoms with van der Waals surface area (Å²) in [6.07, 6.45) is -1.69. The summed E-state index contributed by atoms with van der Waals surface area (Å²) in [6.45, 7) is 10.0. The zero-order valence-electron chi connectivity index (χ0n) is 15.5. The van der Waals surface area contributed by atoms with E-state index < -0.39 is 35.3 Å². The molecule has 0 aromatic carbocycles. The van der Waals surface area contributed by atoms with E-state index in [-0.39, 0.29) is 18.1 Å². The highest BCUT2D eigenvalue weighted by molar-refractivity contribution is 7.99. The van der Waals surface area contributed by atoms with E-state index >= 15 is 0 Å². The van der Waals surface area contributed by atoms with Crippen LogP contribution in [-0.2, 0) is 14.3 Å². The first-order valence-corrected chi connectivity index (χ1v) is 8.75. The Kier molecular flexibility index (Phi) is 8.75. The highest BCUT2D eigenvalue weighted by Gasteiger charge is 2.27. The van der Waals surface area contributed by atoms with E-state index in [1.165, 1.54) is 0 Å². The normalized spacial score (nSPS) is 11.4. The summed E-state index contributed by atoms with van der Waals surface area (Å²) in [6, 6.07) is 0. The molecule has 0 aliphatic heterocycles. The molecule has 0 bridgehead atoms. The molecule has 0 aliphatic carbocycles. The van der Waals surface area contributed by atoms with Gasteiger partial charge in [0.05, 0.1) is 5.75 Å². The van der Waals surface area contributed by atoms with Crippen molar-refractivity contribution in [1.82, 2.24) is 10.2 Å². The van der Waals surface area contributed by atoms with E-state index in [2.05, 4.69) is 5.32 Å². The first kappa shape index (κ1) is 23.0. The lowest BCUT2D eigenvalue weighted by atomic mass is 10.2. The van der Waals surface area contributed by atoms with Crippen molar-refractivity contribution in [2.24, 2.45) is 0 Å². The van der Waals surface area contributed by atoms with Crippen molar-refractivity contribution in [3.8, 4) is 0 Å². The predicted molar refractivity (Wildman–Crippen MR) is 95.0 cm³/mol. The molecule has 0 spiro atoms. The number of hydrogen-bond donors (Lipinski definition) is 3. The Balaban J connectivity index is 4.90. The lowest BCUT2D eigenvalue weighted by molar-refractivity contribution is -0.133. The smallest absolute Gasteiger partial charge is 0.417 e. The van der Waals surface area contributed by atoms with Gasteiger partial charge in [-0.15, -0.1) is 11.8 Å². The van der Waals surface area contributed by atoms with Gasteiger partial charge in [0, 0.05) is 12.3 Å². The van der Waals surface area contributed by atoms with Crippen LogP contribution in [0.3, 0.4) is 0 Å². The average molecular weight is 377 g/mol.